The summed E-state index contributed by atoms with van der Waals surface area (Å²) < 4.78 is 6.76. The van der Waals surface area contributed by atoms with Gasteiger partial charge in [-0.1, -0.05) is 0 Å². The number of carboxylic acids is 1. The maximum Gasteiger partial charge on any atom is 0.303 e. The summed E-state index contributed by atoms with van der Waals surface area (Å²) >= 11 is 0. The molecule has 1 N–H and O–H groups in total. The van der Waals surface area contributed by atoms with Crippen molar-refractivity contribution < 1.29 is 14.6 Å². The fraction of sp³-hybridized carbons (Fsp3) is 0.385. The van der Waals surface area contributed by atoms with Crippen molar-refractivity contribution in [1.29, 1.82) is 0 Å². The standard InChI is InChI=1S/C13H16N4O3/c1-20-11-8-6-10(7-9-11)17-12(14-15-16-17)4-2-3-5-13(18)19/h6-9H,2-5H2,1H3,(H,18,19). The summed E-state index contributed by atoms with van der Waals surface area (Å²) in [6, 6.07) is 7.42. The Morgan fingerprint density at radius 1 is 1.30 bits per heavy atom. The van der Waals surface area contributed by atoms with Crippen LogP contribution in [0.15, 0.2) is 24.3 Å². The Kier molecular flexibility index (Phi) is 4.65. The molecule has 0 bridgehead atoms. The first-order valence-electron chi connectivity index (χ1n) is 6.34. The second-order valence-corrected chi connectivity index (χ2v) is 4.31. The molecule has 20 heavy (non-hydrogen) atoms. The first kappa shape index (κ1) is 14.0. The van der Waals surface area contributed by atoms with E-state index < -0.39 is 5.97 Å². The van der Waals surface area contributed by atoms with Crippen LogP contribution >= 0.6 is 0 Å². The normalized spacial score (nSPS) is 10.4. The topological polar surface area (TPSA) is 90.1 Å². The lowest BCUT2D eigenvalue weighted by Gasteiger charge is -2.05. The predicted molar refractivity (Wildman–Crippen MR) is 70.9 cm³/mol. The fourth-order valence-corrected chi connectivity index (χ4v) is 1.84. The van der Waals surface area contributed by atoms with Crippen LogP contribution in [0.4, 0.5) is 0 Å². The third-order valence-corrected chi connectivity index (χ3v) is 2.89. The Morgan fingerprint density at radius 2 is 2.05 bits per heavy atom. The number of nitrogens with zero attached hydrogens (tertiary/aromatic N) is 4. The maximum atomic E-state index is 10.5. The van der Waals surface area contributed by atoms with Crippen LogP contribution in [0.1, 0.15) is 25.1 Å². The molecule has 1 aromatic heterocycles. The Balaban J connectivity index is 2.01. The highest BCUT2D eigenvalue weighted by Gasteiger charge is 2.08. The summed E-state index contributed by atoms with van der Waals surface area (Å²) in [5.41, 5.74) is 0.851. The van der Waals surface area contributed by atoms with Crippen molar-refractivity contribution in [1.82, 2.24) is 20.2 Å². The summed E-state index contributed by atoms with van der Waals surface area (Å²) in [7, 11) is 1.61. The van der Waals surface area contributed by atoms with E-state index in [1.54, 1.807) is 11.8 Å². The Morgan fingerprint density at radius 3 is 2.70 bits per heavy atom. The number of hydrogen-bond donors (Lipinski definition) is 1. The molecule has 2 rings (SSSR count). The average molecular weight is 276 g/mol. The quantitative estimate of drug-likeness (QED) is 0.770. The van der Waals surface area contributed by atoms with Crippen molar-refractivity contribution in [3.63, 3.8) is 0 Å². The molecule has 0 aliphatic carbocycles. The average Bonchev–Trinajstić information content (AvgIpc) is 2.92. The second-order valence-electron chi connectivity index (χ2n) is 4.31. The Bertz CT molecular complexity index is 565. The minimum atomic E-state index is -0.778. The first-order chi connectivity index (χ1) is 9.70. The molecule has 1 heterocycles. The molecule has 1 aromatic carbocycles. The molecule has 7 heteroatoms. The summed E-state index contributed by atoms with van der Waals surface area (Å²) in [6.07, 6.45) is 2.17. The van der Waals surface area contributed by atoms with E-state index in [-0.39, 0.29) is 6.42 Å². The van der Waals surface area contributed by atoms with Crippen LogP contribution in [0.25, 0.3) is 5.69 Å². The van der Waals surface area contributed by atoms with Gasteiger partial charge in [0.2, 0.25) is 0 Å². The number of rotatable bonds is 7. The van der Waals surface area contributed by atoms with Crippen LogP contribution in [0.2, 0.25) is 0 Å². The van der Waals surface area contributed by atoms with E-state index in [0.717, 1.165) is 23.7 Å². The van der Waals surface area contributed by atoms with Crippen molar-refractivity contribution in [2.75, 3.05) is 7.11 Å². The van der Waals surface area contributed by atoms with Gasteiger partial charge in [-0.25, -0.2) is 0 Å². The lowest BCUT2D eigenvalue weighted by molar-refractivity contribution is -0.137. The molecule has 0 saturated carbocycles. The molecule has 0 saturated heterocycles. The van der Waals surface area contributed by atoms with Gasteiger partial charge in [-0.3, -0.25) is 4.79 Å². The summed E-state index contributed by atoms with van der Waals surface area (Å²) in [5, 5.41) is 20.2. The van der Waals surface area contributed by atoms with E-state index >= 15 is 0 Å². The van der Waals surface area contributed by atoms with E-state index in [0.29, 0.717) is 12.8 Å². The Labute approximate surface area is 116 Å². The number of ether oxygens (including phenoxy) is 1. The van der Waals surface area contributed by atoms with E-state index in [4.69, 9.17) is 9.84 Å². The third-order valence-electron chi connectivity index (χ3n) is 2.89. The lowest BCUT2D eigenvalue weighted by atomic mass is 10.2. The summed E-state index contributed by atoms with van der Waals surface area (Å²) in [6.45, 7) is 0. The van der Waals surface area contributed by atoms with Crippen LogP contribution in [-0.2, 0) is 11.2 Å². The molecule has 0 atom stereocenters. The molecule has 0 aliphatic rings. The molecule has 0 unspecified atom stereocenters. The van der Waals surface area contributed by atoms with Crippen molar-refractivity contribution >= 4 is 5.97 Å². The number of aryl methyl sites for hydroxylation is 1. The monoisotopic (exact) mass is 276 g/mol. The largest absolute Gasteiger partial charge is 0.497 e. The molecule has 0 amide bonds. The van der Waals surface area contributed by atoms with Crippen molar-refractivity contribution in [3.05, 3.63) is 30.1 Å². The molecule has 7 nitrogen and oxygen atoms in total. The number of benzene rings is 1. The van der Waals surface area contributed by atoms with Crippen LogP contribution < -0.4 is 4.74 Å². The van der Waals surface area contributed by atoms with Crippen LogP contribution in [-0.4, -0.2) is 38.4 Å². The van der Waals surface area contributed by atoms with Crippen molar-refractivity contribution in [2.24, 2.45) is 0 Å². The highest BCUT2D eigenvalue weighted by molar-refractivity contribution is 5.66. The van der Waals surface area contributed by atoms with Gasteiger partial charge in [0, 0.05) is 12.8 Å². The van der Waals surface area contributed by atoms with Crippen molar-refractivity contribution in [2.45, 2.75) is 25.7 Å². The van der Waals surface area contributed by atoms with E-state index in [2.05, 4.69) is 15.5 Å². The zero-order chi connectivity index (χ0) is 14.4. The van der Waals surface area contributed by atoms with Crippen LogP contribution in [0.5, 0.6) is 5.75 Å². The molecule has 2 aromatic rings. The van der Waals surface area contributed by atoms with Gasteiger partial charge in [0.25, 0.3) is 0 Å². The zero-order valence-corrected chi connectivity index (χ0v) is 11.2. The molecule has 0 radical (unpaired) electrons. The molecule has 0 fully saturated rings. The molecule has 106 valence electrons. The van der Waals surface area contributed by atoms with Gasteiger partial charge >= 0.3 is 5.97 Å². The number of aliphatic carboxylic acids is 1. The lowest BCUT2D eigenvalue weighted by Crippen LogP contribution is -2.04. The highest BCUT2D eigenvalue weighted by Crippen LogP contribution is 2.15. The van der Waals surface area contributed by atoms with Gasteiger partial charge in [0.15, 0.2) is 5.82 Å². The van der Waals surface area contributed by atoms with Gasteiger partial charge in [-0.05, 0) is 47.5 Å². The summed E-state index contributed by atoms with van der Waals surface area (Å²) in [5.74, 6) is 0.713. The molecule has 0 aliphatic heterocycles. The number of methoxy groups -OCH3 is 1. The number of carboxylic acid groups (broad SMARTS) is 1. The minimum Gasteiger partial charge on any atom is -0.497 e. The van der Waals surface area contributed by atoms with E-state index in [9.17, 15) is 4.79 Å². The third kappa shape index (κ3) is 3.53. The smallest absolute Gasteiger partial charge is 0.303 e. The minimum absolute atomic E-state index is 0.171. The van der Waals surface area contributed by atoms with Gasteiger partial charge in [-0.15, -0.1) is 5.10 Å². The molecule has 0 spiro atoms. The van der Waals surface area contributed by atoms with Crippen LogP contribution in [0.3, 0.4) is 0 Å². The molecular weight excluding hydrogens is 260 g/mol. The maximum absolute atomic E-state index is 10.5. The van der Waals surface area contributed by atoms with Gasteiger partial charge in [0.1, 0.15) is 5.75 Å². The zero-order valence-electron chi connectivity index (χ0n) is 11.2. The number of hydrogen-bond acceptors (Lipinski definition) is 5. The number of unbranched alkanes of at least 4 members (excludes halogenated alkanes) is 1. The molecular formula is C13H16N4O3. The van der Waals surface area contributed by atoms with Gasteiger partial charge in [-0.2, -0.15) is 4.68 Å². The number of tetrazole rings is 1. The predicted octanol–water partition coefficient (Wildman–Crippen LogP) is 1.47. The highest BCUT2D eigenvalue weighted by atomic mass is 16.5. The van der Waals surface area contributed by atoms with E-state index in [1.165, 1.54) is 0 Å². The first-order valence-corrected chi connectivity index (χ1v) is 6.34. The van der Waals surface area contributed by atoms with Crippen LogP contribution in [0, 0.1) is 0 Å². The number of aromatic nitrogens is 4. The SMILES string of the molecule is COc1ccc(-n2nnnc2CCCCC(=O)O)cc1. The van der Waals surface area contributed by atoms with Crippen molar-refractivity contribution in [3.8, 4) is 11.4 Å². The van der Waals surface area contributed by atoms with Gasteiger partial charge < -0.3 is 9.84 Å². The second kappa shape index (κ2) is 6.65. The number of carbonyl (C=O) groups is 1. The Hall–Kier alpha value is -2.44. The fourth-order valence-electron chi connectivity index (χ4n) is 1.84. The van der Waals surface area contributed by atoms with Gasteiger partial charge in [0.05, 0.1) is 12.8 Å². The summed E-state index contributed by atoms with van der Waals surface area (Å²) in [4.78, 5) is 10.5. The van der Waals surface area contributed by atoms with E-state index in [1.807, 2.05) is 24.3 Å².